The van der Waals surface area contributed by atoms with E-state index in [-0.39, 0.29) is 5.75 Å². The van der Waals surface area contributed by atoms with Crippen LogP contribution in [0.2, 0.25) is 5.02 Å². The first-order valence-corrected chi connectivity index (χ1v) is 7.49. The number of hydrogen-bond donors (Lipinski definition) is 1. The molecule has 22 heavy (non-hydrogen) atoms. The molecule has 0 aliphatic heterocycles. The first-order chi connectivity index (χ1) is 10.6. The number of aryl methyl sites for hydroxylation is 1. The average molecular weight is 308 g/mol. The van der Waals surface area contributed by atoms with E-state index >= 15 is 0 Å². The van der Waals surface area contributed by atoms with Crippen LogP contribution in [0.25, 0.3) is 32.9 Å². The molecule has 0 aliphatic carbocycles. The van der Waals surface area contributed by atoms with Crippen molar-refractivity contribution in [1.82, 2.24) is 4.57 Å². The molecule has 0 amide bonds. The van der Waals surface area contributed by atoms with Crippen LogP contribution in [0.5, 0.6) is 5.75 Å². The highest BCUT2D eigenvalue weighted by molar-refractivity contribution is 6.30. The monoisotopic (exact) mass is 307 g/mol. The Morgan fingerprint density at radius 3 is 2.41 bits per heavy atom. The van der Waals surface area contributed by atoms with Crippen molar-refractivity contribution >= 4 is 33.4 Å². The van der Waals surface area contributed by atoms with Gasteiger partial charge in [-0.05, 0) is 35.4 Å². The van der Waals surface area contributed by atoms with E-state index in [4.69, 9.17) is 11.6 Å². The molecule has 1 aromatic heterocycles. The minimum atomic E-state index is 0.267. The number of aromatic nitrogens is 1. The maximum atomic E-state index is 10.1. The van der Waals surface area contributed by atoms with Crippen molar-refractivity contribution < 1.29 is 5.11 Å². The molecular formula is C19H14ClNO. The Labute approximate surface area is 133 Å². The third kappa shape index (κ3) is 1.88. The standard InChI is InChI=1S/C19H14ClNO/c1-21-17-5-3-2-4-15(17)19-16(10-14(22)11-18(19)21)12-6-8-13(20)9-7-12/h2-11,22H,1H3. The Morgan fingerprint density at radius 2 is 1.64 bits per heavy atom. The van der Waals surface area contributed by atoms with E-state index in [1.165, 1.54) is 5.39 Å². The zero-order valence-electron chi connectivity index (χ0n) is 12.0. The molecule has 0 radical (unpaired) electrons. The highest BCUT2D eigenvalue weighted by atomic mass is 35.5. The minimum absolute atomic E-state index is 0.267. The summed E-state index contributed by atoms with van der Waals surface area (Å²) in [5.41, 5.74) is 4.23. The zero-order valence-corrected chi connectivity index (χ0v) is 12.8. The summed E-state index contributed by atoms with van der Waals surface area (Å²) < 4.78 is 2.11. The van der Waals surface area contributed by atoms with Crippen LogP contribution in [0.3, 0.4) is 0 Å². The summed E-state index contributed by atoms with van der Waals surface area (Å²) in [6, 6.07) is 19.6. The van der Waals surface area contributed by atoms with Gasteiger partial charge in [0.25, 0.3) is 0 Å². The van der Waals surface area contributed by atoms with Crippen LogP contribution < -0.4 is 0 Å². The molecule has 0 saturated carbocycles. The number of para-hydroxylation sites is 1. The molecule has 1 N–H and O–H groups in total. The molecule has 0 unspecified atom stereocenters. The molecule has 4 aromatic rings. The second-order valence-corrected chi connectivity index (χ2v) is 5.91. The summed E-state index contributed by atoms with van der Waals surface area (Å²) in [6.07, 6.45) is 0. The van der Waals surface area contributed by atoms with Gasteiger partial charge in [0.15, 0.2) is 0 Å². The zero-order chi connectivity index (χ0) is 15.3. The first-order valence-electron chi connectivity index (χ1n) is 7.11. The van der Waals surface area contributed by atoms with Crippen molar-refractivity contribution in [2.24, 2.45) is 7.05 Å². The predicted octanol–water partition coefficient (Wildman–Crippen LogP) is 5.36. The van der Waals surface area contributed by atoms with Crippen molar-refractivity contribution in [3.63, 3.8) is 0 Å². The van der Waals surface area contributed by atoms with E-state index < -0.39 is 0 Å². The van der Waals surface area contributed by atoms with Crippen LogP contribution in [0, 0.1) is 0 Å². The fourth-order valence-electron chi connectivity index (χ4n) is 3.12. The first kappa shape index (κ1) is 13.2. The van der Waals surface area contributed by atoms with E-state index in [9.17, 15) is 5.11 Å². The number of nitrogens with zero attached hydrogens (tertiary/aromatic N) is 1. The Hall–Kier alpha value is -2.45. The van der Waals surface area contributed by atoms with Crippen molar-refractivity contribution in [3.05, 3.63) is 65.7 Å². The topological polar surface area (TPSA) is 25.2 Å². The van der Waals surface area contributed by atoms with E-state index in [1.54, 1.807) is 0 Å². The molecular weight excluding hydrogens is 294 g/mol. The molecule has 1 heterocycles. The molecule has 0 bridgehead atoms. The van der Waals surface area contributed by atoms with Gasteiger partial charge in [0.05, 0.1) is 5.52 Å². The number of halogens is 1. The molecule has 0 spiro atoms. The number of aromatic hydroxyl groups is 1. The average Bonchev–Trinajstić information content (AvgIpc) is 2.81. The number of phenolic OH excluding ortho intramolecular Hbond substituents is 1. The lowest BCUT2D eigenvalue weighted by molar-refractivity contribution is 0.476. The number of phenols is 1. The van der Waals surface area contributed by atoms with Crippen LogP contribution in [0.1, 0.15) is 0 Å². The van der Waals surface area contributed by atoms with Crippen LogP contribution in [-0.4, -0.2) is 9.67 Å². The van der Waals surface area contributed by atoms with Crippen LogP contribution in [-0.2, 0) is 7.05 Å². The maximum absolute atomic E-state index is 10.1. The molecule has 3 heteroatoms. The molecule has 0 fully saturated rings. The van der Waals surface area contributed by atoms with E-state index in [0.29, 0.717) is 5.02 Å². The van der Waals surface area contributed by atoms with Crippen LogP contribution in [0.4, 0.5) is 0 Å². The third-order valence-corrected chi connectivity index (χ3v) is 4.41. The van der Waals surface area contributed by atoms with Gasteiger partial charge in [0, 0.05) is 34.4 Å². The van der Waals surface area contributed by atoms with Gasteiger partial charge in [-0.25, -0.2) is 0 Å². The second kappa shape index (κ2) is 4.79. The Balaban J connectivity index is 2.18. The third-order valence-electron chi connectivity index (χ3n) is 4.15. The van der Waals surface area contributed by atoms with Gasteiger partial charge in [0.2, 0.25) is 0 Å². The minimum Gasteiger partial charge on any atom is -0.508 e. The van der Waals surface area contributed by atoms with Gasteiger partial charge in [-0.1, -0.05) is 41.9 Å². The molecule has 0 atom stereocenters. The quantitative estimate of drug-likeness (QED) is 0.503. The number of benzene rings is 3. The highest BCUT2D eigenvalue weighted by Crippen LogP contribution is 2.38. The van der Waals surface area contributed by atoms with Crippen molar-refractivity contribution in [3.8, 4) is 16.9 Å². The predicted molar refractivity (Wildman–Crippen MR) is 92.5 cm³/mol. The summed E-state index contributed by atoms with van der Waals surface area (Å²) in [6.45, 7) is 0. The molecule has 4 rings (SSSR count). The Bertz CT molecular complexity index is 999. The molecule has 0 saturated heterocycles. The lowest BCUT2D eigenvalue weighted by atomic mass is 9.99. The van der Waals surface area contributed by atoms with Gasteiger partial charge in [-0.3, -0.25) is 0 Å². The van der Waals surface area contributed by atoms with Gasteiger partial charge in [-0.2, -0.15) is 0 Å². The van der Waals surface area contributed by atoms with E-state index in [1.807, 2.05) is 55.6 Å². The van der Waals surface area contributed by atoms with Crippen molar-refractivity contribution in [2.45, 2.75) is 0 Å². The highest BCUT2D eigenvalue weighted by Gasteiger charge is 2.14. The van der Waals surface area contributed by atoms with Crippen molar-refractivity contribution in [1.29, 1.82) is 0 Å². The van der Waals surface area contributed by atoms with Gasteiger partial charge in [-0.15, -0.1) is 0 Å². The Morgan fingerprint density at radius 1 is 0.909 bits per heavy atom. The van der Waals surface area contributed by atoms with Crippen LogP contribution >= 0.6 is 11.6 Å². The number of fused-ring (bicyclic) bond motifs is 3. The van der Waals surface area contributed by atoms with E-state index in [2.05, 4.69) is 16.7 Å². The number of hydrogen-bond acceptors (Lipinski definition) is 1. The SMILES string of the molecule is Cn1c2ccccc2c2c(-c3ccc(Cl)cc3)cc(O)cc21. The molecule has 0 aliphatic rings. The van der Waals surface area contributed by atoms with E-state index in [0.717, 1.165) is 27.5 Å². The largest absolute Gasteiger partial charge is 0.508 e. The summed E-state index contributed by atoms with van der Waals surface area (Å²) in [7, 11) is 2.02. The van der Waals surface area contributed by atoms with Crippen LogP contribution in [0.15, 0.2) is 60.7 Å². The molecule has 3 aromatic carbocycles. The lowest BCUT2D eigenvalue weighted by Gasteiger charge is -2.07. The smallest absolute Gasteiger partial charge is 0.118 e. The fraction of sp³-hybridized carbons (Fsp3) is 0.0526. The normalized spacial score (nSPS) is 11.4. The lowest BCUT2D eigenvalue weighted by Crippen LogP contribution is -1.87. The fourth-order valence-corrected chi connectivity index (χ4v) is 3.25. The Kier molecular flexibility index (Phi) is 2.88. The van der Waals surface area contributed by atoms with Gasteiger partial charge in [0.1, 0.15) is 5.75 Å². The summed E-state index contributed by atoms with van der Waals surface area (Å²) in [5, 5.41) is 13.2. The van der Waals surface area contributed by atoms with Crippen molar-refractivity contribution in [2.75, 3.05) is 0 Å². The molecule has 108 valence electrons. The summed E-state index contributed by atoms with van der Waals surface area (Å²) >= 11 is 5.99. The number of rotatable bonds is 1. The summed E-state index contributed by atoms with van der Waals surface area (Å²) in [4.78, 5) is 0. The van der Waals surface area contributed by atoms with Gasteiger partial charge >= 0.3 is 0 Å². The van der Waals surface area contributed by atoms with Gasteiger partial charge < -0.3 is 9.67 Å². The molecule has 2 nitrogen and oxygen atoms in total. The maximum Gasteiger partial charge on any atom is 0.118 e. The summed E-state index contributed by atoms with van der Waals surface area (Å²) in [5.74, 6) is 0.267. The second-order valence-electron chi connectivity index (χ2n) is 5.47.